The van der Waals surface area contributed by atoms with Gasteiger partial charge in [-0.05, 0) is 18.9 Å². The molecule has 72 valence electrons. The number of nitrogens with two attached hydrogens (primary N) is 1. The SMILES string of the molecule is CCc1c(F)c(N)c(C)c(Cl)c1Cl. The van der Waals surface area contributed by atoms with Crippen molar-refractivity contribution in [1.82, 2.24) is 0 Å². The molecule has 0 saturated carbocycles. The second-order valence-corrected chi connectivity index (χ2v) is 3.57. The molecular formula is C9H10Cl2FN. The van der Waals surface area contributed by atoms with Gasteiger partial charge in [-0.2, -0.15) is 0 Å². The summed E-state index contributed by atoms with van der Waals surface area (Å²) in [5.74, 6) is -0.450. The number of halogens is 3. The van der Waals surface area contributed by atoms with Crippen LogP contribution in [-0.2, 0) is 6.42 Å². The number of benzene rings is 1. The van der Waals surface area contributed by atoms with E-state index in [0.29, 0.717) is 22.6 Å². The summed E-state index contributed by atoms with van der Waals surface area (Å²) in [6.07, 6.45) is 0.481. The lowest BCUT2D eigenvalue weighted by Crippen LogP contribution is -2.01. The Morgan fingerprint density at radius 3 is 2.31 bits per heavy atom. The summed E-state index contributed by atoms with van der Waals surface area (Å²) in [7, 11) is 0. The molecule has 0 aromatic heterocycles. The van der Waals surface area contributed by atoms with Crippen molar-refractivity contribution < 1.29 is 4.39 Å². The number of hydrogen-bond donors (Lipinski definition) is 1. The lowest BCUT2D eigenvalue weighted by atomic mass is 10.1. The van der Waals surface area contributed by atoms with E-state index >= 15 is 0 Å². The van der Waals surface area contributed by atoms with E-state index in [1.165, 1.54) is 0 Å². The molecule has 0 amide bonds. The van der Waals surface area contributed by atoms with Gasteiger partial charge < -0.3 is 5.73 Å². The lowest BCUT2D eigenvalue weighted by Gasteiger charge is -2.11. The van der Waals surface area contributed by atoms with Crippen LogP contribution < -0.4 is 5.73 Å². The van der Waals surface area contributed by atoms with E-state index in [-0.39, 0.29) is 10.7 Å². The van der Waals surface area contributed by atoms with Gasteiger partial charge in [-0.15, -0.1) is 0 Å². The Hall–Kier alpha value is -0.470. The van der Waals surface area contributed by atoms with E-state index in [0.717, 1.165) is 0 Å². The normalized spacial score (nSPS) is 10.5. The second kappa shape index (κ2) is 3.72. The van der Waals surface area contributed by atoms with Crippen LogP contribution in [-0.4, -0.2) is 0 Å². The largest absolute Gasteiger partial charge is 0.396 e. The fraction of sp³-hybridized carbons (Fsp3) is 0.333. The highest BCUT2D eigenvalue weighted by Crippen LogP contribution is 2.35. The van der Waals surface area contributed by atoms with Crippen LogP contribution in [0.3, 0.4) is 0 Å². The van der Waals surface area contributed by atoms with Crippen molar-refractivity contribution in [3.8, 4) is 0 Å². The number of rotatable bonds is 1. The van der Waals surface area contributed by atoms with E-state index < -0.39 is 5.82 Å². The first-order chi connectivity index (χ1) is 6.00. The number of nitrogen functional groups attached to an aromatic ring is 1. The average Bonchev–Trinajstić information content (AvgIpc) is 2.13. The van der Waals surface area contributed by atoms with Crippen molar-refractivity contribution in [2.24, 2.45) is 0 Å². The lowest BCUT2D eigenvalue weighted by molar-refractivity contribution is 0.616. The van der Waals surface area contributed by atoms with Gasteiger partial charge in [-0.3, -0.25) is 0 Å². The molecule has 0 fully saturated rings. The van der Waals surface area contributed by atoms with Crippen LogP contribution in [0, 0.1) is 12.7 Å². The maximum absolute atomic E-state index is 13.4. The summed E-state index contributed by atoms with van der Waals surface area (Å²) in [5.41, 5.74) is 6.48. The summed E-state index contributed by atoms with van der Waals surface area (Å²) >= 11 is 11.7. The van der Waals surface area contributed by atoms with Crippen molar-refractivity contribution in [3.63, 3.8) is 0 Å². The quantitative estimate of drug-likeness (QED) is 0.570. The zero-order chi connectivity index (χ0) is 10.2. The third-order valence-corrected chi connectivity index (χ3v) is 3.03. The van der Waals surface area contributed by atoms with Crippen LogP contribution in [0.2, 0.25) is 10.0 Å². The second-order valence-electron chi connectivity index (χ2n) is 2.81. The number of anilines is 1. The zero-order valence-corrected chi connectivity index (χ0v) is 8.93. The van der Waals surface area contributed by atoms with Crippen LogP contribution in [0.15, 0.2) is 0 Å². The van der Waals surface area contributed by atoms with Gasteiger partial charge in [-0.1, -0.05) is 30.1 Å². The van der Waals surface area contributed by atoms with E-state index in [4.69, 9.17) is 28.9 Å². The van der Waals surface area contributed by atoms with Gasteiger partial charge in [0.2, 0.25) is 0 Å². The highest BCUT2D eigenvalue weighted by Gasteiger charge is 2.16. The maximum Gasteiger partial charge on any atom is 0.151 e. The van der Waals surface area contributed by atoms with Crippen molar-refractivity contribution in [2.75, 3.05) is 5.73 Å². The number of hydrogen-bond acceptors (Lipinski definition) is 1. The fourth-order valence-corrected chi connectivity index (χ4v) is 1.72. The molecule has 4 heteroatoms. The van der Waals surface area contributed by atoms with E-state index in [9.17, 15) is 4.39 Å². The minimum atomic E-state index is -0.450. The molecule has 2 N–H and O–H groups in total. The molecule has 0 atom stereocenters. The van der Waals surface area contributed by atoms with Gasteiger partial charge in [0.1, 0.15) is 0 Å². The minimum Gasteiger partial charge on any atom is -0.396 e. The molecule has 0 radical (unpaired) electrons. The molecule has 0 spiro atoms. The Morgan fingerprint density at radius 2 is 1.85 bits per heavy atom. The molecule has 1 aromatic carbocycles. The molecule has 13 heavy (non-hydrogen) atoms. The molecule has 1 aromatic rings. The summed E-state index contributed by atoms with van der Waals surface area (Å²) in [5, 5.41) is 0.616. The summed E-state index contributed by atoms with van der Waals surface area (Å²) in [4.78, 5) is 0. The molecule has 0 aliphatic carbocycles. The molecular weight excluding hydrogens is 212 g/mol. The smallest absolute Gasteiger partial charge is 0.151 e. The van der Waals surface area contributed by atoms with Crippen LogP contribution in [0.5, 0.6) is 0 Å². The average molecular weight is 222 g/mol. The highest BCUT2D eigenvalue weighted by molar-refractivity contribution is 6.43. The summed E-state index contributed by atoms with van der Waals surface area (Å²) < 4.78 is 13.4. The third kappa shape index (κ3) is 1.61. The van der Waals surface area contributed by atoms with Crippen molar-refractivity contribution in [2.45, 2.75) is 20.3 Å². The van der Waals surface area contributed by atoms with Crippen LogP contribution in [0.1, 0.15) is 18.1 Å². The maximum atomic E-state index is 13.4. The fourth-order valence-electron chi connectivity index (χ4n) is 1.15. The summed E-state index contributed by atoms with van der Waals surface area (Å²) in [6.45, 7) is 3.45. The Bertz CT molecular complexity index is 321. The first-order valence-corrected chi connectivity index (χ1v) is 4.67. The van der Waals surface area contributed by atoms with E-state index in [1.807, 2.05) is 0 Å². The molecule has 0 unspecified atom stereocenters. The zero-order valence-electron chi connectivity index (χ0n) is 7.42. The standard InChI is InChI=1S/C9H10Cl2FN/c1-3-5-7(11)6(10)4(2)9(13)8(5)12/h3,13H2,1-2H3. The Morgan fingerprint density at radius 1 is 1.31 bits per heavy atom. The topological polar surface area (TPSA) is 26.0 Å². The molecule has 1 nitrogen and oxygen atoms in total. The molecule has 0 saturated heterocycles. The summed E-state index contributed by atoms with van der Waals surface area (Å²) in [6, 6.07) is 0. The monoisotopic (exact) mass is 221 g/mol. The van der Waals surface area contributed by atoms with Gasteiger partial charge >= 0.3 is 0 Å². The van der Waals surface area contributed by atoms with Gasteiger partial charge in [0.25, 0.3) is 0 Å². The predicted molar refractivity (Wildman–Crippen MR) is 54.9 cm³/mol. The van der Waals surface area contributed by atoms with Crippen molar-refractivity contribution >= 4 is 28.9 Å². The molecule has 0 bridgehead atoms. The van der Waals surface area contributed by atoms with Crippen LogP contribution >= 0.6 is 23.2 Å². The first-order valence-electron chi connectivity index (χ1n) is 3.92. The Balaban J connectivity index is 3.56. The van der Waals surface area contributed by atoms with Gasteiger partial charge in [0.05, 0.1) is 15.7 Å². The molecule has 0 aliphatic rings. The predicted octanol–water partition coefficient (Wildman–Crippen LogP) is 3.59. The minimum absolute atomic E-state index is 0.0891. The first kappa shape index (κ1) is 10.6. The molecule has 0 heterocycles. The van der Waals surface area contributed by atoms with Crippen LogP contribution in [0.4, 0.5) is 10.1 Å². The van der Waals surface area contributed by atoms with Crippen molar-refractivity contribution in [3.05, 3.63) is 27.0 Å². The highest BCUT2D eigenvalue weighted by atomic mass is 35.5. The van der Waals surface area contributed by atoms with E-state index in [2.05, 4.69) is 0 Å². The Kier molecular flexibility index (Phi) is 3.04. The molecule has 1 rings (SSSR count). The Labute approximate surface area is 86.6 Å². The van der Waals surface area contributed by atoms with Gasteiger partial charge in [-0.25, -0.2) is 4.39 Å². The van der Waals surface area contributed by atoms with Gasteiger partial charge in [0, 0.05) is 5.56 Å². The molecule has 0 aliphatic heterocycles. The van der Waals surface area contributed by atoms with E-state index in [1.54, 1.807) is 13.8 Å². The van der Waals surface area contributed by atoms with Crippen LogP contribution in [0.25, 0.3) is 0 Å². The third-order valence-electron chi connectivity index (χ3n) is 2.05. The van der Waals surface area contributed by atoms with Gasteiger partial charge in [0.15, 0.2) is 5.82 Å². The van der Waals surface area contributed by atoms with Crippen molar-refractivity contribution in [1.29, 1.82) is 0 Å².